The molecule has 0 bridgehead atoms. The third-order valence-electron chi connectivity index (χ3n) is 16.1. The fourth-order valence-corrected chi connectivity index (χ4v) is 13.2. The summed E-state index contributed by atoms with van der Waals surface area (Å²) in [6.07, 6.45) is 1.26. The molecule has 0 radical (unpaired) electrons. The Morgan fingerprint density at radius 3 is 0.935 bits per heavy atom. The number of hydrogen-bond donors (Lipinski definition) is 8. The van der Waals surface area contributed by atoms with E-state index in [4.69, 9.17) is 48.0 Å². The largest absolute Gasteiger partial charge is 0.519 e. The van der Waals surface area contributed by atoms with Crippen molar-refractivity contribution in [3.05, 3.63) is 72.8 Å². The second-order valence-corrected chi connectivity index (χ2v) is 41.0. The van der Waals surface area contributed by atoms with Gasteiger partial charge in [-0.25, -0.2) is 32.4 Å². The molecule has 5 heterocycles. The van der Waals surface area contributed by atoms with Gasteiger partial charge in [-0.05, 0) is 306 Å². The summed E-state index contributed by atoms with van der Waals surface area (Å²) in [5.41, 5.74) is -2.78. The number of aliphatic hydroxyl groups excluding tert-OH is 2. The molecule has 3 aromatic rings. The van der Waals surface area contributed by atoms with Gasteiger partial charge in [-0.1, -0.05) is 49.0 Å². The first-order valence-electron chi connectivity index (χ1n) is 41.1. The smallest absolute Gasteiger partial charge is 0.508 e. The van der Waals surface area contributed by atoms with Crippen LogP contribution >= 0.6 is 46.8 Å². The molecule has 0 atom stereocenters. The average Bonchev–Trinajstić information content (AvgIpc) is 0.866. The molecule has 0 saturated carbocycles. The lowest BCUT2D eigenvalue weighted by Crippen LogP contribution is -2.43. The normalized spacial score (nSPS) is 15.6. The predicted octanol–water partition coefficient (Wildman–Crippen LogP) is 17.4. The predicted molar refractivity (Wildman–Crippen MR) is 488 cm³/mol. The van der Waals surface area contributed by atoms with Crippen LogP contribution in [0.3, 0.4) is 0 Å². The topological polar surface area (TPSA) is 377 Å². The Balaban J connectivity index is -0.000000650. The van der Waals surface area contributed by atoms with Crippen molar-refractivity contribution in [1.82, 2.24) is 35.1 Å². The van der Waals surface area contributed by atoms with Gasteiger partial charge in [-0.3, -0.25) is 8.98 Å². The number of carbonyl (C=O) groups is 6. The standard InChI is InChI=1S/C16H23NO3S.C11H21NO5S.C11H15NOS.C10H19NO3.C10H18O5.2C6H15N.C6H6OS.C5H11NO.C2HF3O.CH3ClO2S.CH4/c1-16(2,3)20-15(19)17-10-8-14(9-11-17)21-13-6-4-12(18)5-7-13;1-11(2,3)16-10(13)12-7-5-9(6-8-12)17-18(4,14)15;13-9-1-3-10(4-2-9)14-11-5-7-12-8-6-11;1-10(2,3)14-9(13)11-6-4-8(12)5-7-11;1-9(2,3)14-7(11)13-8(12)15-10(4,5)6;2*1-4-7(5-2)6-3;7-5-1-3-6(8)4-2-5;7-5-1-3-6-4-2-5;3-2(4,5)1-6;1-5(2,3)4;/h4-7,14,18H,8-11H2,1-3H3;9H,5-8H2,1-4H3;1-4,11-13H,5-8H2;8,12H,4-7H2,1-3H3;1-6H3;2*4-6H2,1-3H3;1-4,7-8H;5-7H,1-4H2;1H;1H3;1H4. The van der Waals surface area contributed by atoms with Gasteiger partial charge in [0.2, 0.25) is 15.3 Å². The molecule has 5 aliphatic rings. The lowest BCUT2D eigenvalue weighted by molar-refractivity contribution is -0.156. The maximum atomic E-state index is 12.0. The Bertz CT molecular complexity index is 3450. The Labute approximate surface area is 752 Å². The van der Waals surface area contributed by atoms with Gasteiger partial charge in [-0.2, -0.15) is 21.6 Å². The zero-order valence-corrected chi connectivity index (χ0v) is 81.2. The molecule has 5 saturated heterocycles. The molecule has 0 aliphatic carbocycles. The van der Waals surface area contributed by atoms with Gasteiger partial charge in [0.25, 0.3) is 10.1 Å². The number of rotatable bonds is 12. The minimum absolute atomic E-state index is 0. The fourth-order valence-electron chi connectivity index (χ4n) is 10.1. The molecular formula is C85H151ClF3N7O22S5. The van der Waals surface area contributed by atoms with E-state index in [2.05, 4.69) is 90.0 Å². The Morgan fingerprint density at radius 2 is 0.707 bits per heavy atom. The van der Waals surface area contributed by atoms with E-state index in [-0.39, 0.29) is 49.8 Å². The summed E-state index contributed by atoms with van der Waals surface area (Å²) >= 11 is 7.75. The number of hydrogen-bond acceptors (Lipinski definition) is 29. The zero-order chi connectivity index (χ0) is 94.5. The van der Waals surface area contributed by atoms with Crippen LogP contribution in [0, 0.1) is 0 Å². The maximum Gasteiger partial charge on any atom is 0.519 e. The van der Waals surface area contributed by atoms with E-state index in [9.17, 15) is 64.2 Å². The van der Waals surface area contributed by atoms with Crippen molar-refractivity contribution in [2.24, 2.45) is 0 Å². The molecule has 8 rings (SSSR count). The van der Waals surface area contributed by atoms with Crippen LogP contribution in [0.5, 0.6) is 17.2 Å². The molecule has 0 aromatic heterocycles. The van der Waals surface area contributed by atoms with Crippen LogP contribution < -0.4 is 10.6 Å². The highest BCUT2D eigenvalue weighted by Gasteiger charge is 2.32. The number of aromatic hydroxyl groups is 3. The summed E-state index contributed by atoms with van der Waals surface area (Å²) in [4.78, 5) is 79.0. The first-order chi connectivity index (χ1) is 56.1. The van der Waals surface area contributed by atoms with Crippen LogP contribution in [-0.4, -0.2) is 284 Å². The second-order valence-electron chi connectivity index (χ2n) is 33.1. The number of ether oxygens (including phenoxy) is 6. The molecule has 716 valence electrons. The minimum atomic E-state index is -4.64. The van der Waals surface area contributed by atoms with Crippen molar-refractivity contribution in [1.29, 1.82) is 0 Å². The molecule has 123 heavy (non-hydrogen) atoms. The number of phenolic OH excluding ortho intramolecular Hbond substituents is 3. The van der Waals surface area contributed by atoms with E-state index in [0.29, 0.717) is 68.6 Å². The fraction of sp³-hybridized carbons (Fsp3) is 0.718. The number of benzene rings is 3. The van der Waals surface area contributed by atoms with Crippen LogP contribution in [0.25, 0.3) is 0 Å². The highest BCUT2D eigenvalue weighted by atomic mass is 35.7. The average molecular weight is 1880 g/mol. The highest BCUT2D eigenvalue weighted by Crippen LogP contribution is 2.33. The maximum absolute atomic E-state index is 12.0. The van der Waals surface area contributed by atoms with Crippen LogP contribution in [0.2, 0.25) is 0 Å². The Hall–Kier alpha value is -5.97. The molecule has 3 aromatic carbocycles. The summed E-state index contributed by atoms with van der Waals surface area (Å²) in [7, 11) is -2.12. The summed E-state index contributed by atoms with van der Waals surface area (Å²) < 4.78 is 107. The summed E-state index contributed by atoms with van der Waals surface area (Å²) in [6, 6.07) is 21.4. The van der Waals surface area contributed by atoms with E-state index >= 15 is 0 Å². The summed E-state index contributed by atoms with van der Waals surface area (Å²) in [5.74, 6) is 0.918. The van der Waals surface area contributed by atoms with E-state index < -0.39 is 71.9 Å². The van der Waals surface area contributed by atoms with Crippen molar-refractivity contribution < 1.29 is 117 Å². The van der Waals surface area contributed by atoms with Gasteiger partial charge in [0.15, 0.2) is 0 Å². The quantitative estimate of drug-likeness (QED) is 0.0159. The first-order valence-corrected chi connectivity index (χ1v) is 47.8. The van der Waals surface area contributed by atoms with Crippen molar-refractivity contribution >= 4 is 103 Å². The lowest BCUT2D eigenvalue weighted by Gasteiger charge is -2.33. The van der Waals surface area contributed by atoms with Crippen molar-refractivity contribution in [2.45, 2.75) is 295 Å². The van der Waals surface area contributed by atoms with Crippen LogP contribution in [0.1, 0.15) is 217 Å². The molecule has 0 unspecified atom stereocenters. The number of alkyl halides is 3. The highest BCUT2D eigenvalue weighted by molar-refractivity contribution is 8.13. The van der Waals surface area contributed by atoms with Crippen molar-refractivity contribution in [3.8, 4) is 17.2 Å². The molecular weight excluding hydrogens is 1720 g/mol. The Morgan fingerprint density at radius 1 is 0.463 bits per heavy atom. The van der Waals surface area contributed by atoms with E-state index in [1.165, 1.54) is 57.0 Å². The van der Waals surface area contributed by atoms with Gasteiger partial charge < -0.3 is 89.1 Å². The number of aldehydes is 1. The van der Waals surface area contributed by atoms with Gasteiger partial charge in [0.1, 0.15) is 45.3 Å². The van der Waals surface area contributed by atoms with Gasteiger partial charge in [0, 0.05) is 75.1 Å². The molecule has 0 spiro atoms. The number of carbonyl (C=O) groups excluding carboxylic acids is 6. The van der Waals surface area contributed by atoms with E-state index in [1.54, 1.807) is 105 Å². The van der Waals surface area contributed by atoms with Gasteiger partial charge >= 0.3 is 36.8 Å². The molecule has 29 nitrogen and oxygen atoms in total. The summed E-state index contributed by atoms with van der Waals surface area (Å²) in [6.45, 7) is 54.7. The van der Waals surface area contributed by atoms with Gasteiger partial charge in [-0.15, -0.1) is 36.2 Å². The molecule has 5 fully saturated rings. The molecule has 5 aliphatic heterocycles. The molecule has 3 amide bonds. The van der Waals surface area contributed by atoms with Crippen molar-refractivity contribution in [3.63, 3.8) is 0 Å². The second kappa shape index (κ2) is 63.9. The molecule has 7 N–H and O–H groups in total. The summed E-state index contributed by atoms with van der Waals surface area (Å²) in [5, 5.41) is 53.0. The van der Waals surface area contributed by atoms with Crippen LogP contribution in [0.4, 0.5) is 37.1 Å². The van der Waals surface area contributed by atoms with Gasteiger partial charge in [0.05, 0.1) is 30.8 Å². The minimum Gasteiger partial charge on any atom is -0.508 e. The first kappa shape index (κ1) is 123. The van der Waals surface area contributed by atoms with E-state index in [1.807, 2.05) is 110 Å². The number of piperidine rings is 5. The zero-order valence-electron chi connectivity index (χ0n) is 76.3. The van der Waals surface area contributed by atoms with E-state index in [0.717, 1.165) is 92.5 Å². The monoisotopic (exact) mass is 1870 g/mol. The van der Waals surface area contributed by atoms with Crippen molar-refractivity contribution in [2.75, 3.05) is 117 Å². The third kappa shape index (κ3) is 78.1. The molecule has 38 heteroatoms. The number of likely N-dealkylation sites (tertiary alicyclic amines) is 3. The number of halogens is 4. The SMILES string of the molecule is C.CC(C)(C)OC(=O)N1CCC(O)CC1.CC(C)(C)OC(=O)N1CCC(OS(C)(=O)=O)CC1.CC(C)(C)OC(=O)N1CCC(Sc2ccc(O)cc2)CC1.CC(C)(C)OC(=O)OC(=O)OC(C)(C)C.CCN(CC)CC.CCN(CC)CC.CS(=O)(=O)Cl.O=CC(F)(F)F.OC1CCNCC1.Oc1ccc(S)cc1.Oc1ccc(SC2CCNCC2)cc1. The number of nitrogens with one attached hydrogen (secondary N) is 2. The van der Waals surface area contributed by atoms with Crippen LogP contribution in [-0.2, 0) is 56.6 Å². The van der Waals surface area contributed by atoms with Crippen LogP contribution in [0.15, 0.2) is 87.5 Å². The number of aliphatic hydroxyl groups is 2. The number of amides is 3. The lowest BCUT2D eigenvalue weighted by atomic mass is 10.1. The number of phenols is 3. The third-order valence-corrected chi connectivity index (χ3v) is 19.7. The number of thioether (sulfide) groups is 2. The number of thiol groups is 1. The number of nitrogens with zero attached hydrogens (tertiary/aromatic N) is 5. The Kier molecular flexibility index (Phi) is 64.0.